The van der Waals surface area contributed by atoms with E-state index in [9.17, 15) is 8.42 Å². The molecule has 0 atom stereocenters. The summed E-state index contributed by atoms with van der Waals surface area (Å²) in [5, 5.41) is 0.822. The van der Waals surface area contributed by atoms with E-state index < -0.39 is 10.1 Å². The number of fused-ring (bicyclic) bond motifs is 1. The van der Waals surface area contributed by atoms with E-state index in [1.165, 1.54) is 0 Å². The van der Waals surface area contributed by atoms with Gasteiger partial charge in [0.25, 0.3) is 10.1 Å². The van der Waals surface area contributed by atoms with Gasteiger partial charge in [0.1, 0.15) is 5.01 Å². The van der Waals surface area contributed by atoms with Gasteiger partial charge in [0.05, 0.1) is 20.8 Å². The molecule has 0 aliphatic carbocycles. The fraction of sp³-hybridized carbons (Fsp3) is 0.333. The zero-order chi connectivity index (χ0) is 13.9. The molecule has 0 radical (unpaired) electrons. The fourth-order valence-corrected chi connectivity index (χ4v) is 3.49. The molecule has 0 aliphatic rings. The van der Waals surface area contributed by atoms with Crippen LogP contribution in [0.4, 0.5) is 0 Å². The average Bonchev–Trinajstić information content (AvgIpc) is 2.77. The Morgan fingerprint density at radius 3 is 2.74 bits per heavy atom. The molecule has 2 aromatic rings. The van der Waals surface area contributed by atoms with Gasteiger partial charge in [0, 0.05) is 0 Å². The highest BCUT2D eigenvalue weighted by atomic mass is 32.2. The topological polar surface area (TPSA) is 67.3 Å². The number of hydrogen-bond donors (Lipinski definition) is 1. The lowest BCUT2D eigenvalue weighted by molar-refractivity contribution is 0.480. The fourth-order valence-electron chi connectivity index (χ4n) is 1.67. The highest BCUT2D eigenvalue weighted by Gasteiger charge is 2.09. The van der Waals surface area contributed by atoms with Crippen LogP contribution in [-0.4, -0.2) is 28.6 Å². The van der Waals surface area contributed by atoms with Gasteiger partial charge in [-0.2, -0.15) is 8.42 Å². The van der Waals surface area contributed by atoms with Gasteiger partial charge >= 0.3 is 0 Å². The van der Waals surface area contributed by atoms with Crippen LogP contribution in [-0.2, 0) is 10.1 Å². The molecule has 0 saturated carbocycles. The molecule has 0 aliphatic heterocycles. The van der Waals surface area contributed by atoms with Crippen LogP contribution in [0.5, 0.6) is 0 Å². The van der Waals surface area contributed by atoms with Gasteiger partial charge in [-0.25, -0.2) is 4.98 Å². The summed E-state index contributed by atoms with van der Waals surface area (Å²) in [5.41, 5.74) is 0.933. The van der Waals surface area contributed by atoms with Crippen LogP contribution < -0.4 is 0 Å². The van der Waals surface area contributed by atoms with Crippen LogP contribution in [0.3, 0.4) is 0 Å². The monoisotopic (exact) mass is 315 g/mol. The van der Waals surface area contributed by atoms with Crippen LogP contribution in [0.15, 0.2) is 24.3 Å². The van der Waals surface area contributed by atoms with Gasteiger partial charge in [-0.3, -0.25) is 4.55 Å². The van der Waals surface area contributed by atoms with E-state index >= 15 is 0 Å². The zero-order valence-corrected chi connectivity index (χ0v) is 12.5. The van der Waals surface area contributed by atoms with Crippen molar-refractivity contribution in [3.63, 3.8) is 0 Å². The third-order valence-corrected chi connectivity index (χ3v) is 5.02. The second-order valence-electron chi connectivity index (χ2n) is 4.15. The molecule has 0 fully saturated rings. The number of rotatable bonds is 6. The standard InChI is InChI=1S/C12H13NO3S3/c14-19(15,16)8-4-3-6-10(17)12-13-9-5-1-2-7-11(9)18-12/h1-2,5,7H,3-4,6,8H2,(H,14,15,16). The summed E-state index contributed by atoms with van der Waals surface area (Å²) in [5.74, 6) is -0.213. The first-order valence-electron chi connectivity index (χ1n) is 5.80. The predicted molar refractivity (Wildman–Crippen MR) is 81.6 cm³/mol. The Bertz CT molecular complexity index is 658. The predicted octanol–water partition coefficient (Wildman–Crippen LogP) is 3.07. The van der Waals surface area contributed by atoms with Crippen molar-refractivity contribution in [2.24, 2.45) is 0 Å². The van der Waals surface area contributed by atoms with E-state index in [0.717, 1.165) is 20.1 Å². The lowest BCUT2D eigenvalue weighted by Gasteiger charge is -1.99. The van der Waals surface area contributed by atoms with Gasteiger partial charge in [-0.05, 0) is 31.4 Å². The Morgan fingerprint density at radius 2 is 2.05 bits per heavy atom. The van der Waals surface area contributed by atoms with Crippen LogP contribution in [0.2, 0.25) is 0 Å². The highest BCUT2D eigenvalue weighted by Crippen LogP contribution is 2.23. The third kappa shape index (κ3) is 4.31. The summed E-state index contributed by atoms with van der Waals surface area (Å²) >= 11 is 6.85. The molecular weight excluding hydrogens is 302 g/mol. The van der Waals surface area contributed by atoms with E-state index in [-0.39, 0.29) is 5.75 Å². The lowest BCUT2D eigenvalue weighted by Crippen LogP contribution is -2.04. The molecular formula is C12H13NO3S3. The van der Waals surface area contributed by atoms with Crippen LogP contribution in [0, 0.1) is 0 Å². The van der Waals surface area contributed by atoms with E-state index in [1.807, 2.05) is 24.3 Å². The van der Waals surface area contributed by atoms with Crippen molar-refractivity contribution in [1.29, 1.82) is 0 Å². The van der Waals surface area contributed by atoms with E-state index in [4.69, 9.17) is 16.8 Å². The summed E-state index contributed by atoms with van der Waals surface area (Å²) in [6.45, 7) is 0. The minimum atomic E-state index is -3.86. The third-order valence-electron chi connectivity index (χ3n) is 2.59. The molecule has 1 aromatic carbocycles. The molecule has 0 unspecified atom stereocenters. The molecule has 0 bridgehead atoms. The Morgan fingerprint density at radius 1 is 1.32 bits per heavy atom. The largest absolute Gasteiger partial charge is 0.286 e. The average molecular weight is 315 g/mol. The summed E-state index contributed by atoms with van der Waals surface area (Å²) in [4.78, 5) is 5.20. The summed E-state index contributed by atoms with van der Waals surface area (Å²) in [7, 11) is -3.86. The first-order valence-corrected chi connectivity index (χ1v) is 8.63. The minimum absolute atomic E-state index is 0.213. The minimum Gasteiger partial charge on any atom is -0.286 e. The van der Waals surface area contributed by atoms with Crippen molar-refractivity contribution in [1.82, 2.24) is 4.98 Å². The summed E-state index contributed by atoms with van der Waals surface area (Å²) in [6.07, 6.45) is 1.66. The van der Waals surface area contributed by atoms with Crippen molar-refractivity contribution in [2.75, 3.05) is 5.75 Å². The molecule has 7 heteroatoms. The summed E-state index contributed by atoms with van der Waals surface area (Å²) < 4.78 is 30.9. The number of para-hydroxylation sites is 1. The number of thiocarbonyl (C=S) groups is 1. The van der Waals surface area contributed by atoms with Gasteiger partial charge in [-0.15, -0.1) is 11.3 Å². The maximum Gasteiger partial charge on any atom is 0.264 e. The molecule has 0 spiro atoms. The van der Waals surface area contributed by atoms with Crippen LogP contribution in [0.25, 0.3) is 10.2 Å². The van der Waals surface area contributed by atoms with E-state index in [0.29, 0.717) is 19.3 Å². The highest BCUT2D eigenvalue weighted by molar-refractivity contribution is 7.85. The molecule has 102 valence electrons. The molecule has 0 amide bonds. The first-order chi connectivity index (χ1) is 8.96. The molecule has 1 heterocycles. The molecule has 1 aromatic heterocycles. The second-order valence-corrected chi connectivity index (χ2v) is 7.25. The normalized spacial score (nSPS) is 11.8. The Labute approximate surface area is 121 Å². The van der Waals surface area contributed by atoms with Crippen LogP contribution >= 0.6 is 23.6 Å². The van der Waals surface area contributed by atoms with Gasteiger partial charge in [0.2, 0.25) is 0 Å². The molecule has 1 N–H and O–H groups in total. The van der Waals surface area contributed by atoms with Crippen molar-refractivity contribution >= 4 is 48.8 Å². The molecule has 19 heavy (non-hydrogen) atoms. The van der Waals surface area contributed by atoms with E-state index in [2.05, 4.69) is 4.98 Å². The maximum atomic E-state index is 10.6. The number of aromatic nitrogens is 1. The van der Waals surface area contributed by atoms with Crippen LogP contribution in [0.1, 0.15) is 24.3 Å². The quantitative estimate of drug-likeness (QED) is 0.384. The number of benzene rings is 1. The number of unbranched alkanes of at least 4 members (excludes halogenated alkanes) is 1. The lowest BCUT2D eigenvalue weighted by atomic mass is 10.2. The number of hydrogen-bond acceptors (Lipinski definition) is 5. The number of thiazole rings is 1. The van der Waals surface area contributed by atoms with Gasteiger partial charge in [0.15, 0.2) is 0 Å². The first kappa shape index (κ1) is 14.5. The molecule has 4 nitrogen and oxygen atoms in total. The molecule has 2 rings (SSSR count). The van der Waals surface area contributed by atoms with E-state index in [1.54, 1.807) is 11.3 Å². The Balaban J connectivity index is 1.93. The van der Waals surface area contributed by atoms with Gasteiger partial charge in [-0.1, -0.05) is 24.4 Å². The second kappa shape index (κ2) is 6.04. The SMILES string of the molecule is O=S(=O)(O)CCCCC(=S)c1nc2ccccc2s1. The van der Waals surface area contributed by atoms with Crippen molar-refractivity contribution in [3.8, 4) is 0 Å². The summed E-state index contributed by atoms with van der Waals surface area (Å²) in [6, 6.07) is 7.83. The molecule has 0 saturated heterocycles. The maximum absolute atomic E-state index is 10.6. The van der Waals surface area contributed by atoms with Gasteiger partial charge < -0.3 is 0 Å². The Hall–Kier alpha value is -0.890. The van der Waals surface area contributed by atoms with Crippen molar-refractivity contribution in [3.05, 3.63) is 29.3 Å². The number of nitrogens with zero attached hydrogens (tertiary/aromatic N) is 1. The smallest absolute Gasteiger partial charge is 0.264 e. The van der Waals surface area contributed by atoms with Crippen molar-refractivity contribution in [2.45, 2.75) is 19.3 Å². The Kier molecular flexibility index (Phi) is 4.62. The van der Waals surface area contributed by atoms with Crippen molar-refractivity contribution < 1.29 is 13.0 Å². The zero-order valence-electron chi connectivity index (χ0n) is 10.1.